The Balaban J connectivity index is 2.28. The van der Waals surface area contributed by atoms with Crippen LogP contribution in [0, 0.1) is 0 Å². The van der Waals surface area contributed by atoms with Gasteiger partial charge < -0.3 is 10.1 Å². The zero-order chi connectivity index (χ0) is 15.1. The lowest BCUT2D eigenvalue weighted by molar-refractivity contribution is 0.128. The van der Waals surface area contributed by atoms with E-state index in [9.17, 15) is 0 Å². The molecule has 0 amide bonds. The monoisotopic (exact) mass is 285 g/mol. The standard InChI is InChI=1S/C17H23N3O/c1-4-6-13-7-9-14(10-8-13)15-11-16(18-3)20-17(19-15)12-21-5-2/h7-11H,4-6,12H2,1-3H3,(H,18,19,20). The number of aryl methyl sites for hydroxylation is 1. The van der Waals surface area contributed by atoms with Gasteiger partial charge in [0.25, 0.3) is 0 Å². The molecule has 0 spiro atoms. The van der Waals surface area contributed by atoms with Gasteiger partial charge in [0.2, 0.25) is 0 Å². The van der Waals surface area contributed by atoms with Crippen molar-refractivity contribution < 1.29 is 4.74 Å². The Bertz CT molecular complexity index is 567. The van der Waals surface area contributed by atoms with Crippen molar-refractivity contribution in [2.75, 3.05) is 19.0 Å². The van der Waals surface area contributed by atoms with Gasteiger partial charge in [0.05, 0.1) is 5.69 Å². The average Bonchev–Trinajstić information content (AvgIpc) is 2.53. The molecule has 1 heterocycles. The molecule has 0 saturated heterocycles. The van der Waals surface area contributed by atoms with Crippen LogP contribution in [-0.4, -0.2) is 23.6 Å². The molecular weight excluding hydrogens is 262 g/mol. The zero-order valence-corrected chi connectivity index (χ0v) is 13.0. The number of aromatic nitrogens is 2. The van der Waals surface area contributed by atoms with Gasteiger partial charge in [-0.2, -0.15) is 0 Å². The van der Waals surface area contributed by atoms with Crippen molar-refractivity contribution in [2.45, 2.75) is 33.3 Å². The van der Waals surface area contributed by atoms with Gasteiger partial charge in [0, 0.05) is 25.3 Å². The number of hydrogen-bond acceptors (Lipinski definition) is 4. The van der Waals surface area contributed by atoms with E-state index < -0.39 is 0 Å². The third kappa shape index (κ3) is 4.26. The van der Waals surface area contributed by atoms with Crippen LogP contribution in [0.15, 0.2) is 30.3 Å². The summed E-state index contributed by atoms with van der Waals surface area (Å²) in [4.78, 5) is 9.00. The number of ether oxygens (including phenoxy) is 1. The summed E-state index contributed by atoms with van der Waals surface area (Å²) in [6.45, 7) is 5.26. The summed E-state index contributed by atoms with van der Waals surface area (Å²) >= 11 is 0. The molecule has 0 aliphatic heterocycles. The van der Waals surface area contributed by atoms with E-state index in [1.54, 1.807) is 0 Å². The van der Waals surface area contributed by atoms with Crippen LogP contribution >= 0.6 is 0 Å². The molecule has 1 N–H and O–H groups in total. The molecule has 1 aromatic heterocycles. The molecule has 0 fully saturated rings. The van der Waals surface area contributed by atoms with Crippen LogP contribution in [-0.2, 0) is 17.8 Å². The molecule has 0 radical (unpaired) electrons. The molecular formula is C17H23N3O. The number of nitrogens with zero attached hydrogens (tertiary/aromatic N) is 2. The van der Waals surface area contributed by atoms with Crippen LogP contribution in [0.3, 0.4) is 0 Å². The van der Waals surface area contributed by atoms with Crippen molar-refractivity contribution in [1.82, 2.24) is 9.97 Å². The van der Waals surface area contributed by atoms with Gasteiger partial charge in [-0.15, -0.1) is 0 Å². The molecule has 4 nitrogen and oxygen atoms in total. The molecule has 1 aromatic carbocycles. The van der Waals surface area contributed by atoms with Crippen LogP contribution in [0.4, 0.5) is 5.82 Å². The molecule has 0 bridgehead atoms. The number of rotatable bonds is 7. The molecule has 2 aromatic rings. The normalized spacial score (nSPS) is 10.6. The third-order valence-corrected chi connectivity index (χ3v) is 3.25. The van der Waals surface area contributed by atoms with E-state index in [0.717, 1.165) is 29.9 Å². The smallest absolute Gasteiger partial charge is 0.157 e. The van der Waals surface area contributed by atoms with Gasteiger partial charge >= 0.3 is 0 Å². The topological polar surface area (TPSA) is 47.0 Å². The predicted molar refractivity (Wildman–Crippen MR) is 86.3 cm³/mol. The largest absolute Gasteiger partial charge is 0.374 e. The first kappa shape index (κ1) is 15.4. The van der Waals surface area contributed by atoms with Crippen LogP contribution in [0.2, 0.25) is 0 Å². The fourth-order valence-corrected chi connectivity index (χ4v) is 2.16. The average molecular weight is 285 g/mol. The molecule has 112 valence electrons. The molecule has 21 heavy (non-hydrogen) atoms. The van der Waals surface area contributed by atoms with E-state index in [2.05, 4.69) is 46.5 Å². The van der Waals surface area contributed by atoms with Crippen molar-refractivity contribution in [3.05, 3.63) is 41.7 Å². The Morgan fingerprint density at radius 3 is 2.48 bits per heavy atom. The molecule has 2 rings (SSSR count). The van der Waals surface area contributed by atoms with Crippen LogP contribution in [0.25, 0.3) is 11.3 Å². The van der Waals surface area contributed by atoms with Gasteiger partial charge in [-0.05, 0) is 18.9 Å². The quantitative estimate of drug-likeness (QED) is 0.843. The van der Waals surface area contributed by atoms with Crippen LogP contribution < -0.4 is 5.32 Å². The SMILES string of the molecule is CCCc1ccc(-c2cc(NC)nc(COCC)n2)cc1. The third-order valence-electron chi connectivity index (χ3n) is 3.25. The maximum absolute atomic E-state index is 5.41. The summed E-state index contributed by atoms with van der Waals surface area (Å²) in [5.41, 5.74) is 3.39. The summed E-state index contributed by atoms with van der Waals surface area (Å²) in [5, 5.41) is 3.08. The van der Waals surface area contributed by atoms with Crippen molar-refractivity contribution >= 4 is 5.82 Å². The highest BCUT2D eigenvalue weighted by atomic mass is 16.5. The molecule has 0 atom stereocenters. The van der Waals surface area contributed by atoms with Crippen LogP contribution in [0.1, 0.15) is 31.7 Å². The minimum Gasteiger partial charge on any atom is -0.374 e. The second-order valence-corrected chi connectivity index (χ2v) is 4.89. The van der Waals surface area contributed by atoms with Gasteiger partial charge in [0.1, 0.15) is 12.4 Å². The van der Waals surface area contributed by atoms with E-state index in [4.69, 9.17) is 4.74 Å². The maximum Gasteiger partial charge on any atom is 0.157 e. The second-order valence-electron chi connectivity index (χ2n) is 4.89. The first-order valence-corrected chi connectivity index (χ1v) is 7.49. The van der Waals surface area contributed by atoms with E-state index in [1.165, 1.54) is 5.56 Å². The van der Waals surface area contributed by atoms with Crippen molar-refractivity contribution in [3.8, 4) is 11.3 Å². The molecule has 0 aliphatic rings. The van der Waals surface area contributed by atoms with Crippen molar-refractivity contribution in [1.29, 1.82) is 0 Å². The highest BCUT2D eigenvalue weighted by molar-refractivity contribution is 5.62. The highest BCUT2D eigenvalue weighted by Crippen LogP contribution is 2.21. The minimum atomic E-state index is 0.437. The molecule has 0 aliphatic carbocycles. The number of hydrogen-bond donors (Lipinski definition) is 1. The fourth-order valence-electron chi connectivity index (χ4n) is 2.16. The lowest BCUT2D eigenvalue weighted by atomic mass is 10.1. The lowest BCUT2D eigenvalue weighted by Crippen LogP contribution is -2.04. The first-order chi connectivity index (χ1) is 10.3. The Morgan fingerprint density at radius 1 is 1.10 bits per heavy atom. The summed E-state index contributed by atoms with van der Waals surface area (Å²) in [6.07, 6.45) is 2.27. The second kappa shape index (κ2) is 7.74. The maximum atomic E-state index is 5.41. The number of nitrogens with one attached hydrogen (secondary N) is 1. The van der Waals surface area contributed by atoms with Gasteiger partial charge in [-0.3, -0.25) is 0 Å². The lowest BCUT2D eigenvalue weighted by Gasteiger charge is -2.09. The number of anilines is 1. The van der Waals surface area contributed by atoms with E-state index in [0.29, 0.717) is 19.0 Å². The van der Waals surface area contributed by atoms with Crippen LogP contribution in [0.5, 0.6) is 0 Å². The van der Waals surface area contributed by atoms with Crippen molar-refractivity contribution in [2.24, 2.45) is 0 Å². The number of benzene rings is 1. The summed E-state index contributed by atoms with van der Waals surface area (Å²) in [5.74, 6) is 1.52. The zero-order valence-electron chi connectivity index (χ0n) is 13.0. The predicted octanol–water partition coefficient (Wildman–Crippen LogP) is 3.67. The summed E-state index contributed by atoms with van der Waals surface area (Å²) in [6, 6.07) is 10.5. The molecule has 0 saturated carbocycles. The Hall–Kier alpha value is -1.94. The Labute approximate surface area is 126 Å². The van der Waals surface area contributed by atoms with E-state index >= 15 is 0 Å². The van der Waals surface area contributed by atoms with Crippen molar-refractivity contribution in [3.63, 3.8) is 0 Å². The van der Waals surface area contributed by atoms with Gasteiger partial charge in [-0.25, -0.2) is 9.97 Å². The minimum absolute atomic E-state index is 0.437. The Kier molecular flexibility index (Phi) is 5.69. The molecule has 4 heteroatoms. The highest BCUT2D eigenvalue weighted by Gasteiger charge is 2.06. The first-order valence-electron chi connectivity index (χ1n) is 7.49. The summed E-state index contributed by atoms with van der Waals surface area (Å²) < 4.78 is 5.41. The van der Waals surface area contributed by atoms with E-state index in [1.807, 2.05) is 20.0 Å². The fraction of sp³-hybridized carbons (Fsp3) is 0.412. The summed E-state index contributed by atoms with van der Waals surface area (Å²) in [7, 11) is 1.86. The van der Waals surface area contributed by atoms with Gasteiger partial charge in [0.15, 0.2) is 5.82 Å². The van der Waals surface area contributed by atoms with Gasteiger partial charge in [-0.1, -0.05) is 37.6 Å². The van der Waals surface area contributed by atoms with E-state index in [-0.39, 0.29) is 0 Å². The Morgan fingerprint density at radius 2 is 1.86 bits per heavy atom. The molecule has 0 unspecified atom stereocenters.